The molecule has 2 atom stereocenters. The van der Waals surface area contributed by atoms with E-state index in [2.05, 4.69) is 12.2 Å². The maximum absolute atomic E-state index is 5.75. The van der Waals surface area contributed by atoms with Crippen LogP contribution in [-0.2, 0) is 4.74 Å². The number of hydrogen-bond acceptors (Lipinski definition) is 3. The van der Waals surface area contributed by atoms with Crippen molar-refractivity contribution in [2.75, 3.05) is 32.8 Å². The Balaban J connectivity index is 2.11. The second-order valence-corrected chi connectivity index (χ2v) is 4.22. The van der Waals surface area contributed by atoms with Crippen LogP contribution in [0.5, 0.6) is 0 Å². The van der Waals surface area contributed by atoms with Crippen LogP contribution in [0.4, 0.5) is 0 Å². The Morgan fingerprint density at radius 1 is 1.50 bits per heavy atom. The molecule has 2 fully saturated rings. The molecule has 0 aliphatic carbocycles. The summed E-state index contributed by atoms with van der Waals surface area (Å²) in [5, 5.41) is 3.42. The van der Waals surface area contributed by atoms with E-state index in [4.69, 9.17) is 10.5 Å². The number of hydrogen-bond donors (Lipinski definition) is 2. The molecule has 0 bridgehead atoms. The average molecular weight is 170 g/mol. The predicted octanol–water partition coefficient (Wildman–Crippen LogP) is -0.183. The first kappa shape index (κ1) is 8.48. The van der Waals surface area contributed by atoms with Crippen LogP contribution in [-0.4, -0.2) is 32.8 Å². The highest BCUT2D eigenvalue weighted by molar-refractivity contribution is 5.00. The van der Waals surface area contributed by atoms with Gasteiger partial charge in [-0.25, -0.2) is 0 Å². The van der Waals surface area contributed by atoms with Crippen molar-refractivity contribution < 1.29 is 4.74 Å². The van der Waals surface area contributed by atoms with Gasteiger partial charge in [0.2, 0.25) is 0 Å². The third kappa shape index (κ3) is 1.00. The first-order valence-corrected chi connectivity index (χ1v) is 4.78. The number of nitrogens with two attached hydrogens (primary N) is 1. The molecule has 2 aliphatic heterocycles. The van der Waals surface area contributed by atoms with Crippen LogP contribution in [0.1, 0.15) is 6.92 Å². The van der Waals surface area contributed by atoms with E-state index in [0.29, 0.717) is 17.3 Å². The molecule has 70 valence electrons. The Hall–Kier alpha value is -0.120. The van der Waals surface area contributed by atoms with E-state index in [0.717, 1.165) is 32.8 Å². The van der Waals surface area contributed by atoms with Crippen LogP contribution < -0.4 is 11.1 Å². The maximum Gasteiger partial charge on any atom is 0.0551 e. The van der Waals surface area contributed by atoms with Crippen LogP contribution in [0.25, 0.3) is 0 Å². The lowest BCUT2D eigenvalue weighted by Crippen LogP contribution is -2.62. The van der Waals surface area contributed by atoms with Gasteiger partial charge in [-0.2, -0.15) is 0 Å². The Labute approximate surface area is 73.7 Å². The smallest absolute Gasteiger partial charge is 0.0551 e. The molecule has 1 spiro atoms. The predicted molar refractivity (Wildman–Crippen MR) is 47.8 cm³/mol. The van der Waals surface area contributed by atoms with E-state index in [1.165, 1.54) is 0 Å². The fraction of sp³-hybridized carbons (Fsp3) is 1.00. The van der Waals surface area contributed by atoms with Crippen molar-refractivity contribution in [3.8, 4) is 0 Å². The highest BCUT2D eigenvalue weighted by Crippen LogP contribution is 2.43. The number of nitrogens with one attached hydrogen (secondary N) is 1. The molecular weight excluding hydrogens is 152 g/mol. The van der Waals surface area contributed by atoms with Crippen LogP contribution in [0.2, 0.25) is 0 Å². The molecule has 2 heterocycles. The van der Waals surface area contributed by atoms with Gasteiger partial charge in [0, 0.05) is 5.41 Å². The van der Waals surface area contributed by atoms with Crippen molar-refractivity contribution >= 4 is 0 Å². The highest BCUT2D eigenvalue weighted by atomic mass is 16.5. The van der Waals surface area contributed by atoms with E-state index in [1.807, 2.05) is 0 Å². The molecule has 0 aromatic rings. The molecule has 2 unspecified atom stereocenters. The van der Waals surface area contributed by atoms with Gasteiger partial charge in [0.1, 0.15) is 0 Å². The molecule has 3 nitrogen and oxygen atoms in total. The summed E-state index contributed by atoms with van der Waals surface area (Å²) in [7, 11) is 0. The fourth-order valence-corrected chi connectivity index (χ4v) is 2.46. The van der Waals surface area contributed by atoms with Crippen molar-refractivity contribution in [2.45, 2.75) is 6.92 Å². The summed E-state index contributed by atoms with van der Waals surface area (Å²) in [6, 6.07) is 0. The van der Waals surface area contributed by atoms with Crippen LogP contribution in [0.15, 0.2) is 0 Å². The molecule has 0 radical (unpaired) electrons. The molecule has 0 amide bonds. The van der Waals surface area contributed by atoms with Crippen molar-refractivity contribution in [3.63, 3.8) is 0 Å². The summed E-state index contributed by atoms with van der Waals surface area (Å²) < 4.78 is 5.33. The zero-order valence-electron chi connectivity index (χ0n) is 7.68. The largest absolute Gasteiger partial charge is 0.380 e. The van der Waals surface area contributed by atoms with Crippen LogP contribution in [0, 0.1) is 17.3 Å². The highest BCUT2D eigenvalue weighted by Gasteiger charge is 2.50. The normalized spacial score (nSPS) is 39.5. The van der Waals surface area contributed by atoms with E-state index in [1.54, 1.807) is 0 Å². The standard InChI is InChI=1S/C9H18N2O/c1-7-3-11-4-8(2-10)9(7)5-12-6-9/h7-8,11H,2-6,10H2,1H3. The fourth-order valence-electron chi connectivity index (χ4n) is 2.46. The molecular formula is C9H18N2O. The third-order valence-electron chi connectivity index (χ3n) is 3.66. The monoisotopic (exact) mass is 170 g/mol. The Morgan fingerprint density at radius 2 is 2.25 bits per heavy atom. The lowest BCUT2D eigenvalue weighted by Gasteiger charge is -2.54. The minimum absolute atomic E-state index is 0.417. The van der Waals surface area contributed by atoms with Crippen molar-refractivity contribution in [1.29, 1.82) is 0 Å². The Bertz CT molecular complexity index is 168. The summed E-state index contributed by atoms with van der Waals surface area (Å²) in [4.78, 5) is 0. The van der Waals surface area contributed by atoms with Gasteiger partial charge in [-0.1, -0.05) is 6.92 Å². The number of ether oxygens (including phenoxy) is 1. The van der Waals surface area contributed by atoms with Gasteiger partial charge in [-0.05, 0) is 31.5 Å². The maximum atomic E-state index is 5.75. The minimum atomic E-state index is 0.417. The first-order valence-electron chi connectivity index (χ1n) is 4.78. The van der Waals surface area contributed by atoms with Crippen LogP contribution >= 0.6 is 0 Å². The molecule has 0 aromatic carbocycles. The summed E-state index contributed by atoms with van der Waals surface area (Å²) in [6.45, 7) is 7.15. The molecule has 3 N–H and O–H groups in total. The summed E-state index contributed by atoms with van der Waals surface area (Å²) in [6.07, 6.45) is 0. The second kappa shape index (κ2) is 2.98. The lowest BCUT2D eigenvalue weighted by molar-refractivity contribution is -0.181. The minimum Gasteiger partial charge on any atom is -0.380 e. The van der Waals surface area contributed by atoms with Gasteiger partial charge in [0.25, 0.3) is 0 Å². The van der Waals surface area contributed by atoms with Gasteiger partial charge in [-0.15, -0.1) is 0 Å². The topological polar surface area (TPSA) is 47.3 Å². The SMILES string of the molecule is CC1CNCC(CN)C12COC2. The number of piperidine rings is 1. The zero-order valence-corrected chi connectivity index (χ0v) is 7.68. The summed E-state index contributed by atoms with van der Waals surface area (Å²) >= 11 is 0. The van der Waals surface area contributed by atoms with Gasteiger partial charge in [0.05, 0.1) is 13.2 Å². The van der Waals surface area contributed by atoms with Gasteiger partial charge >= 0.3 is 0 Å². The molecule has 2 rings (SSSR count). The zero-order chi connectivity index (χ0) is 8.60. The number of rotatable bonds is 1. The van der Waals surface area contributed by atoms with Crippen LogP contribution in [0.3, 0.4) is 0 Å². The third-order valence-corrected chi connectivity index (χ3v) is 3.66. The molecule has 2 aliphatic rings. The second-order valence-electron chi connectivity index (χ2n) is 4.22. The Kier molecular flexibility index (Phi) is 2.10. The van der Waals surface area contributed by atoms with E-state index >= 15 is 0 Å². The van der Waals surface area contributed by atoms with E-state index < -0.39 is 0 Å². The molecule has 3 heteroatoms. The molecule has 2 saturated heterocycles. The quantitative estimate of drug-likeness (QED) is 0.574. The molecule has 12 heavy (non-hydrogen) atoms. The van der Waals surface area contributed by atoms with Gasteiger partial charge in [0.15, 0.2) is 0 Å². The van der Waals surface area contributed by atoms with Gasteiger partial charge < -0.3 is 15.8 Å². The molecule has 0 aromatic heterocycles. The van der Waals surface area contributed by atoms with Crippen molar-refractivity contribution in [3.05, 3.63) is 0 Å². The Morgan fingerprint density at radius 3 is 2.67 bits per heavy atom. The van der Waals surface area contributed by atoms with Gasteiger partial charge in [-0.3, -0.25) is 0 Å². The average Bonchev–Trinajstić information content (AvgIpc) is 2.00. The molecule has 0 saturated carbocycles. The van der Waals surface area contributed by atoms with Crippen molar-refractivity contribution in [2.24, 2.45) is 23.0 Å². The summed E-state index contributed by atoms with van der Waals surface area (Å²) in [5.74, 6) is 1.34. The van der Waals surface area contributed by atoms with E-state index in [9.17, 15) is 0 Å². The lowest BCUT2D eigenvalue weighted by atomic mass is 9.63. The summed E-state index contributed by atoms with van der Waals surface area (Å²) in [5.41, 5.74) is 6.17. The van der Waals surface area contributed by atoms with Crippen molar-refractivity contribution in [1.82, 2.24) is 5.32 Å². The van der Waals surface area contributed by atoms with E-state index in [-0.39, 0.29) is 0 Å². The first-order chi connectivity index (χ1) is 5.79.